The highest BCUT2D eigenvalue weighted by molar-refractivity contribution is 5.94. The molecule has 9 nitrogen and oxygen atoms in total. The maximum absolute atomic E-state index is 13.2. The van der Waals surface area contributed by atoms with Gasteiger partial charge in [0.05, 0.1) is 29.6 Å². The minimum absolute atomic E-state index is 0.0474. The van der Waals surface area contributed by atoms with Crippen LogP contribution < -0.4 is 5.56 Å². The van der Waals surface area contributed by atoms with E-state index in [2.05, 4.69) is 10.1 Å². The lowest BCUT2D eigenvalue weighted by molar-refractivity contribution is -0.0299. The maximum atomic E-state index is 13.2. The van der Waals surface area contributed by atoms with Gasteiger partial charge in [0.2, 0.25) is 0 Å². The zero-order valence-electron chi connectivity index (χ0n) is 20.0. The molecule has 10 heteroatoms. The smallest absolute Gasteiger partial charge is 0.264 e. The number of piperidine rings is 1. The van der Waals surface area contributed by atoms with Gasteiger partial charge in [0.25, 0.3) is 11.5 Å². The van der Waals surface area contributed by atoms with Crippen molar-refractivity contribution in [1.29, 1.82) is 0 Å². The molecule has 1 saturated carbocycles. The predicted octanol–water partition coefficient (Wildman–Crippen LogP) is 2.37. The molecule has 1 aliphatic carbocycles. The molecule has 2 aliphatic rings. The fraction of sp³-hybridized carbons (Fsp3) is 0.333. The standard InChI is InChI=1S/C27H26FN5O4/c28-20-5-1-18(2-6-20)24(34)31-13-11-26(36,12-14-31)16-32-17-29-23-22(25(32)35)15-30-33(23)21-7-3-19(4-8-21)27(37)9-10-27/h1-8,15,17,36-37H,9-14,16H2. The summed E-state index contributed by atoms with van der Waals surface area (Å²) in [6.07, 6.45) is 4.99. The summed E-state index contributed by atoms with van der Waals surface area (Å²) in [5.41, 5.74) is 0.192. The quantitative estimate of drug-likeness (QED) is 0.432. The molecule has 4 aromatic rings. The minimum atomic E-state index is -1.17. The Labute approximate surface area is 211 Å². The van der Waals surface area contributed by atoms with Crippen LogP contribution in [0.5, 0.6) is 0 Å². The molecular formula is C27H26FN5O4. The number of hydrogen-bond donors (Lipinski definition) is 2. The van der Waals surface area contributed by atoms with Crippen LogP contribution in [0.3, 0.4) is 0 Å². The molecule has 190 valence electrons. The van der Waals surface area contributed by atoms with Gasteiger partial charge in [-0.25, -0.2) is 14.1 Å². The summed E-state index contributed by atoms with van der Waals surface area (Å²) in [5.74, 6) is -0.619. The Balaban J connectivity index is 1.17. The molecule has 2 aromatic carbocycles. The molecule has 0 spiro atoms. The van der Waals surface area contributed by atoms with Crippen LogP contribution in [0, 0.1) is 5.82 Å². The highest BCUT2D eigenvalue weighted by Gasteiger charge is 2.42. The first-order valence-electron chi connectivity index (χ1n) is 12.3. The molecule has 0 unspecified atom stereocenters. The summed E-state index contributed by atoms with van der Waals surface area (Å²) in [4.78, 5) is 32.0. The lowest BCUT2D eigenvalue weighted by atomic mass is 9.91. The second-order valence-corrected chi connectivity index (χ2v) is 10.1. The van der Waals surface area contributed by atoms with Crippen molar-refractivity contribution in [2.45, 2.75) is 43.4 Å². The van der Waals surface area contributed by atoms with E-state index >= 15 is 0 Å². The average molecular weight is 504 g/mol. The van der Waals surface area contributed by atoms with Crippen LogP contribution in [0.25, 0.3) is 16.7 Å². The monoisotopic (exact) mass is 503 g/mol. The van der Waals surface area contributed by atoms with Crippen molar-refractivity contribution in [2.75, 3.05) is 13.1 Å². The molecule has 1 saturated heterocycles. The van der Waals surface area contributed by atoms with Gasteiger partial charge in [-0.2, -0.15) is 5.10 Å². The van der Waals surface area contributed by atoms with Gasteiger partial charge >= 0.3 is 0 Å². The van der Waals surface area contributed by atoms with E-state index in [9.17, 15) is 24.2 Å². The van der Waals surface area contributed by atoms with Gasteiger partial charge in [-0.1, -0.05) is 12.1 Å². The molecule has 0 radical (unpaired) electrons. The summed E-state index contributed by atoms with van der Waals surface area (Å²) >= 11 is 0. The molecule has 37 heavy (non-hydrogen) atoms. The third-order valence-corrected chi connectivity index (χ3v) is 7.46. The number of aliphatic hydroxyl groups is 2. The summed E-state index contributed by atoms with van der Waals surface area (Å²) in [7, 11) is 0. The van der Waals surface area contributed by atoms with Crippen molar-refractivity contribution in [3.05, 3.63) is 88.4 Å². The van der Waals surface area contributed by atoms with Crippen LogP contribution >= 0.6 is 0 Å². The second-order valence-electron chi connectivity index (χ2n) is 10.1. The topological polar surface area (TPSA) is 113 Å². The first kappa shape index (κ1) is 23.5. The van der Waals surface area contributed by atoms with Gasteiger partial charge in [0.15, 0.2) is 5.65 Å². The molecule has 0 bridgehead atoms. The molecule has 2 aromatic heterocycles. The largest absolute Gasteiger partial charge is 0.388 e. The highest BCUT2D eigenvalue weighted by atomic mass is 19.1. The van der Waals surface area contributed by atoms with E-state index in [1.54, 1.807) is 9.58 Å². The Morgan fingerprint density at radius 1 is 0.973 bits per heavy atom. The number of carbonyl (C=O) groups is 1. The van der Waals surface area contributed by atoms with Crippen LogP contribution in [0.2, 0.25) is 0 Å². The van der Waals surface area contributed by atoms with Crippen molar-refractivity contribution in [2.24, 2.45) is 0 Å². The average Bonchev–Trinajstić information content (AvgIpc) is 3.51. The molecule has 0 atom stereocenters. The Morgan fingerprint density at radius 2 is 1.65 bits per heavy atom. The number of aromatic nitrogens is 4. The van der Waals surface area contributed by atoms with Gasteiger partial charge in [-0.05, 0) is 67.6 Å². The molecule has 2 fully saturated rings. The van der Waals surface area contributed by atoms with Gasteiger partial charge in [-0.3, -0.25) is 14.2 Å². The van der Waals surface area contributed by atoms with Crippen LogP contribution in [-0.4, -0.2) is 59.0 Å². The Kier molecular flexibility index (Phi) is 5.46. The molecule has 2 N–H and O–H groups in total. The third kappa shape index (κ3) is 4.32. The lowest BCUT2D eigenvalue weighted by Crippen LogP contribution is -2.49. The molecule has 3 heterocycles. The molecule has 6 rings (SSSR count). The van der Waals surface area contributed by atoms with Crippen LogP contribution in [-0.2, 0) is 12.1 Å². The van der Waals surface area contributed by atoms with Crippen molar-refractivity contribution in [3.8, 4) is 5.69 Å². The SMILES string of the molecule is O=C(c1ccc(F)cc1)N1CCC(O)(Cn2cnc3c(cnn3-c3ccc(C4(O)CC4)cc3)c2=O)CC1. The third-order valence-electron chi connectivity index (χ3n) is 7.46. The molecule has 1 amide bonds. The van der Waals surface area contributed by atoms with E-state index in [-0.39, 0.29) is 18.0 Å². The number of likely N-dealkylation sites (tertiary alicyclic amines) is 1. The number of fused-ring (bicyclic) bond motifs is 1. The number of nitrogens with zero attached hydrogens (tertiary/aromatic N) is 5. The first-order valence-corrected chi connectivity index (χ1v) is 12.3. The van der Waals surface area contributed by atoms with Gasteiger partial charge < -0.3 is 15.1 Å². The van der Waals surface area contributed by atoms with Crippen molar-refractivity contribution in [3.63, 3.8) is 0 Å². The van der Waals surface area contributed by atoms with E-state index in [0.717, 1.165) is 24.1 Å². The van der Waals surface area contributed by atoms with E-state index in [1.165, 1.54) is 41.4 Å². The number of carbonyl (C=O) groups excluding carboxylic acids is 1. The van der Waals surface area contributed by atoms with E-state index in [1.807, 2.05) is 24.3 Å². The van der Waals surface area contributed by atoms with Crippen LogP contribution in [0.4, 0.5) is 4.39 Å². The van der Waals surface area contributed by atoms with E-state index in [4.69, 9.17) is 0 Å². The van der Waals surface area contributed by atoms with Gasteiger partial charge in [0, 0.05) is 18.7 Å². The Hall–Kier alpha value is -3.89. The molecule has 1 aliphatic heterocycles. The van der Waals surface area contributed by atoms with Gasteiger partial charge in [-0.15, -0.1) is 0 Å². The van der Waals surface area contributed by atoms with Crippen LogP contribution in [0.15, 0.2) is 65.8 Å². The summed E-state index contributed by atoms with van der Waals surface area (Å²) in [6.45, 7) is 0.687. The zero-order valence-corrected chi connectivity index (χ0v) is 20.0. The summed E-state index contributed by atoms with van der Waals surface area (Å²) in [5, 5.41) is 26.2. The van der Waals surface area contributed by atoms with Crippen molar-refractivity contribution >= 4 is 16.9 Å². The molecular weight excluding hydrogens is 477 g/mol. The second kappa shape index (κ2) is 8.60. The Bertz CT molecular complexity index is 1530. The first-order chi connectivity index (χ1) is 17.7. The highest BCUT2D eigenvalue weighted by Crippen LogP contribution is 2.45. The van der Waals surface area contributed by atoms with Crippen LogP contribution in [0.1, 0.15) is 41.6 Å². The van der Waals surface area contributed by atoms with E-state index < -0.39 is 17.0 Å². The fourth-order valence-electron chi connectivity index (χ4n) is 4.95. The summed E-state index contributed by atoms with van der Waals surface area (Å²) in [6, 6.07) is 12.8. The normalized spacial score (nSPS) is 18.2. The number of amides is 1. The zero-order chi connectivity index (χ0) is 25.8. The summed E-state index contributed by atoms with van der Waals surface area (Å²) < 4.78 is 16.1. The fourth-order valence-corrected chi connectivity index (χ4v) is 4.95. The Morgan fingerprint density at radius 3 is 2.30 bits per heavy atom. The van der Waals surface area contributed by atoms with E-state index in [0.29, 0.717) is 42.5 Å². The maximum Gasteiger partial charge on any atom is 0.264 e. The van der Waals surface area contributed by atoms with Crippen molar-refractivity contribution < 1.29 is 19.4 Å². The number of benzene rings is 2. The lowest BCUT2D eigenvalue weighted by Gasteiger charge is -2.38. The minimum Gasteiger partial charge on any atom is -0.388 e. The number of halogens is 1. The number of rotatable bonds is 5. The van der Waals surface area contributed by atoms with Crippen molar-refractivity contribution in [1.82, 2.24) is 24.2 Å². The predicted molar refractivity (Wildman–Crippen MR) is 133 cm³/mol. The van der Waals surface area contributed by atoms with Gasteiger partial charge in [0.1, 0.15) is 17.5 Å². The number of hydrogen-bond acceptors (Lipinski definition) is 6.